The van der Waals surface area contributed by atoms with Gasteiger partial charge in [0.15, 0.2) is 0 Å². The van der Waals surface area contributed by atoms with E-state index in [2.05, 4.69) is 11.9 Å². The smallest absolute Gasteiger partial charge is 0.334 e. The van der Waals surface area contributed by atoms with Gasteiger partial charge in [0.2, 0.25) is 5.91 Å². The Kier molecular flexibility index (Phi) is 8.91. The lowest BCUT2D eigenvalue weighted by molar-refractivity contribution is -0.114. The third-order valence-electron chi connectivity index (χ3n) is 3.01. The fourth-order valence-electron chi connectivity index (χ4n) is 1.44. The second-order valence-electron chi connectivity index (χ2n) is 4.44. The summed E-state index contributed by atoms with van der Waals surface area (Å²) in [4.78, 5) is 10.8. The molecule has 0 saturated heterocycles. The van der Waals surface area contributed by atoms with Gasteiger partial charge in [0.1, 0.15) is 0 Å². The van der Waals surface area contributed by atoms with E-state index in [-0.39, 0.29) is 5.91 Å². The van der Waals surface area contributed by atoms with Crippen molar-refractivity contribution in [3.63, 3.8) is 0 Å². The van der Waals surface area contributed by atoms with E-state index >= 15 is 0 Å². The fourth-order valence-corrected chi connectivity index (χ4v) is 2.83. The van der Waals surface area contributed by atoms with Gasteiger partial charge in [-0.15, -0.1) is 0 Å². The van der Waals surface area contributed by atoms with Gasteiger partial charge in [0, 0.05) is 19.8 Å². The average molecular weight is 274 g/mol. The zero-order valence-electron chi connectivity index (χ0n) is 11.9. The first kappa shape index (κ1) is 17.3. The highest BCUT2D eigenvalue weighted by atomic mass is 28.4. The van der Waals surface area contributed by atoms with Crippen LogP contribution in [0.3, 0.4) is 0 Å². The second kappa shape index (κ2) is 9.27. The molecule has 0 aromatic heterocycles. The Balaban J connectivity index is 3.58. The quantitative estimate of drug-likeness (QED) is 0.356. The zero-order valence-corrected chi connectivity index (χ0v) is 12.9. The van der Waals surface area contributed by atoms with Gasteiger partial charge < -0.3 is 19.9 Å². The van der Waals surface area contributed by atoms with Gasteiger partial charge in [-0.05, 0) is 45.4 Å². The number of rotatable bonds is 10. The molecule has 0 radical (unpaired) electrons. The first-order valence-electron chi connectivity index (χ1n) is 6.23. The number of hydrogen-bond acceptors (Lipinski definition) is 4. The molecule has 0 atom stereocenters. The van der Waals surface area contributed by atoms with E-state index in [1.165, 1.54) is 0 Å². The molecule has 18 heavy (non-hydrogen) atoms. The van der Waals surface area contributed by atoms with Crippen LogP contribution in [0.1, 0.15) is 19.8 Å². The highest BCUT2D eigenvalue weighted by Gasteiger charge is 2.27. The van der Waals surface area contributed by atoms with E-state index in [0.29, 0.717) is 5.57 Å². The summed E-state index contributed by atoms with van der Waals surface area (Å²) in [6.45, 7) is 5.57. The number of primary amides is 1. The maximum atomic E-state index is 10.8. The molecule has 5 nitrogen and oxygen atoms in total. The molecule has 0 aliphatic carbocycles. The molecule has 0 heterocycles. The largest absolute Gasteiger partial charge is 0.398 e. The molecule has 0 fully saturated rings. The van der Waals surface area contributed by atoms with E-state index in [9.17, 15) is 4.79 Å². The van der Waals surface area contributed by atoms with Crippen molar-refractivity contribution in [2.24, 2.45) is 5.73 Å². The number of hydrogen-bond donors (Lipinski definition) is 2. The van der Waals surface area contributed by atoms with Crippen molar-refractivity contribution in [1.82, 2.24) is 5.32 Å². The molecule has 0 aromatic rings. The topological polar surface area (TPSA) is 73.6 Å². The molecule has 0 aromatic carbocycles. The van der Waals surface area contributed by atoms with Crippen molar-refractivity contribution < 1.29 is 13.6 Å². The Morgan fingerprint density at radius 3 is 2.44 bits per heavy atom. The summed E-state index contributed by atoms with van der Waals surface area (Å²) in [7, 11) is 1.51. The van der Waals surface area contributed by atoms with Crippen LogP contribution in [0.15, 0.2) is 11.6 Å². The molecule has 0 spiro atoms. The Morgan fingerprint density at radius 1 is 1.33 bits per heavy atom. The van der Waals surface area contributed by atoms with Crippen LogP contribution in [0, 0.1) is 0 Å². The van der Waals surface area contributed by atoms with Gasteiger partial charge in [-0.1, -0.05) is 6.08 Å². The summed E-state index contributed by atoms with van der Waals surface area (Å²) in [5.41, 5.74) is 5.75. The van der Waals surface area contributed by atoms with Crippen LogP contribution in [0.2, 0.25) is 12.6 Å². The number of nitrogens with two attached hydrogens (primary N) is 1. The molecule has 6 heteroatoms. The number of carbonyl (C=O) groups is 1. The molecule has 0 saturated carbocycles. The Bertz CT molecular complexity index is 278. The van der Waals surface area contributed by atoms with Crippen LogP contribution in [-0.2, 0) is 13.6 Å². The predicted octanol–water partition coefficient (Wildman–Crippen LogP) is 1.15. The average Bonchev–Trinajstić information content (AvgIpc) is 2.36. The lowest BCUT2D eigenvalue weighted by Gasteiger charge is -2.22. The molecule has 106 valence electrons. The van der Waals surface area contributed by atoms with Crippen LogP contribution in [-0.4, -0.2) is 41.8 Å². The van der Waals surface area contributed by atoms with E-state index in [4.69, 9.17) is 14.6 Å². The Labute approximate surface area is 111 Å². The highest BCUT2D eigenvalue weighted by molar-refractivity contribution is 6.65. The van der Waals surface area contributed by atoms with E-state index in [1.807, 2.05) is 6.08 Å². The lowest BCUT2D eigenvalue weighted by Crippen LogP contribution is -2.36. The molecular formula is C12H26N2O3Si. The molecule has 3 N–H and O–H groups in total. The van der Waals surface area contributed by atoms with Gasteiger partial charge in [-0.25, -0.2) is 0 Å². The van der Waals surface area contributed by atoms with E-state index in [0.717, 1.165) is 32.0 Å². The Morgan fingerprint density at radius 2 is 1.94 bits per heavy atom. The normalized spacial score (nSPS) is 12.8. The first-order valence-corrected chi connectivity index (χ1v) is 8.75. The monoisotopic (exact) mass is 274 g/mol. The molecule has 0 unspecified atom stereocenters. The van der Waals surface area contributed by atoms with Gasteiger partial charge in [-0.2, -0.15) is 0 Å². The summed E-state index contributed by atoms with van der Waals surface area (Å²) in [5, 5.41) is 3.31. The van der Waals surface area contributed by atoms with Crippen molar-refractivity contribution >= 4 is 14.5 Å². The summed E-state index contributed by atoms with van der Waals surface area (Å²) in [6, 6.07) is 0.975. The second-order valence-corrected chi connectivity index (χ2v) is 8.02. The van der Waals surface area contributed by atoms with E-state index in [1.54, 1.807) is 21.1 Å². The fraction of sp³-hybridized carbons (Fsp3) is 0.750. The minimum absolute atomic E-state index is 0.350. The molecule has 0 aliphatic heterocycles. The van der Waals surface area contributed by atoms with Crippen molar-refractivity contribution in [2.75, 3.05) is 27.3 Å². The molecule has 1 amide bonds. The van der Waals surface area contributed by atoms with Crippen LogP contribution in [0.4, 0.5) is 0 Å². The maximum Gasteiger partial charge on any atom is 0.334 e. The van der Waals surface area contributed by atoms with Crippen LogP contribution < -0.4 is 11.1 Å². The SMILES string of the molecule is CO[Si](C)(CCCNCC/C=C(\C)C(N)=O)OC. The van der Waals surface area contributed by atoms with Gasteiger partial charge >= 0.3 is 8.56 Å². The third-order valence-corrected chi connectivity index (χ3v) is 6.00. The summed E-state index contributed by atoms with van der Waals surface area (Å²) >= 11 is 0. The summed E-state index contributed by atoms with van der Waals surface area (Å²) < 4.78 is 10.8. The van der Waals surface area contributed by atoms with Crippen LogP contribution >= 0.6 is 0 Å². The Hall–Kier alpha value is -0.693. The van der Waals surface area contributed by atoms with Gasteiger partial charge in [0.05, 0.1) is 0 Å². The van der Waals surface area contributed by atoms with Gasteiger partial charge in [-0.3, -0.25) is 4.79 Å². The van der Waals surface area contributed by atoms with E-state index < -0.39 is 8.56 Å². The number of nitrogens with one attached hydrogen (secondary N) is 1. The lowest BCUT2D eigenvalue weighted by atomic mass is 10.2. The van der Waals surface area contributed by atoms with Crippen LogP contribution in [0.25, 0.3) is 0 Å². The third kappa shape index (κ3) is 7.60. The number of amides is 1. The van der Waals surface area contributed by atoms with Crippen LogP contribution in [0.5, 0.6) is 0 Å². The molecule has 0 rings (SSSR count). The number of carbonyl (C=O) groups excluding carboxylic acids is 1. The summed E-state index contributed by atoms with van der Waals surface area (Å²) in [6.07, 6.45) is 3.71. The van der Waals surface area contributed by atoms with Crippen molar-refractivity contribution in [2.45, 2.75) is 32.4 Å². The van der Waals surface area contributed by atoms with Crippen molar-refractivity contribution in [1.29, 1.82) is 0 Å². The zero-order chi connectivity index (χ0) is 14.0. The maximum absolute atomic E-state index is 10.8. The van der Waals surface area contributed by atoms with Gasteiger partial charge in [0.25, 0.3) is 0 Å². The minimum atomic E-state index is -1.91. The standard InChI is InChI=1S/C12H26N2O3Si/c1-11(12(13)15)7-5-8-14-9-6-10-18(4,16-2)17-3/h7,14H,5-6,8-10H2,1-4H3,(H2,13,15)/b11-7+. The summed E-state index contributed by atoms with van der Waals surface area (Å²) in [5.74, 6) is -0.350. The first-order chi connectivity index (χ1) is 8.45. The predicted molar refractivity (Wildman–Crippen MR) is 75.5 cm³/mol. The molecule has 0 aliphatic rings. The minimum Gasteiger partial charge on any atom is -0.398 e. The van der Waals surface area contributed by atoms with Crippen molar-refractivity contribution in [3.05, 3.63) is 11.6 Å². The molecular weight excluding hydrogens is 248 g/mol. The highest BCUT2D eigenvalue weighted by Crippen LogP contribution is 2.12. The molecule has 0 bridgehead atoms. The van der Waals surface area contributed by atoms with Crippen molar-refractivity contribution in [3.8, 4) is 0 Å².